The number of benzene rings is 2. The minimum absolute atomic E-state index is 0.108. The zero-order valence-corrected chi connectivity index (χ0v) is 38.8. The molecule has 2 saturated heterocycles. The minimum Gasteiger partial charge on any atom is -0.453 e. The predicted octanol–water partition coefficient (Wildman–Crippen LogP) is 8.36. The summed E-state index contributed by atoms with van der Waals surface area (Å²) in [5.74, 6) is 1.50. The van der Waals surface area contributed by atoms with Crippen LogP contribution >= 0.6 is 23.6 Å². The van der Waals surface area contributed by atoms with Crippen LogP contribution in [-0.2, 0) is 25.5 Å². The van der Waals surface area contributed by atoms with Crippen molar-refractivity contribution in [3.05, 3.63) is 70.1 Å². The molecule has 5 aromatic rings. The number of carbonyl (C=O) groups is 4. The average molecular weight is 883 g/mol. The van der Waals surface area contributed by atoms with Crippen molar-refractivity contribution >= 4 is 74.5 Å². The van der Waals surface area contributed by atoms with Crippen molar-refractivity contribution in [3.63, 3.8) is 0 Å². The van der Waals surface area contributed by atoms with Gasteiger partial charge in [-0.1, -0.05) is 65.9 Å². The maximum atomic E-state index is 14.0. The summed E-state index contributed by atoms with van der Waals surface area (Å²) in [6, 6.07) is 12.6. The Morgan fingerprint density at radius 1 is 0.855 bits per heavy atom. The number of alkyl carbamates (subject to hydrolysis) is 1. The SMILES string of the molecule is COC(=O)N[C@H](C(=O)N1C[C@@H](C)C[C@H]1c1nc2cc(C(=S)Cc3sc(-c4ccc5[nH]c([C@@H]6C[C@H](C)CN6C(=O)[C@H](C(C)C)N(C)C(=O)OC)nc5c4)cc3C)ccc2[nH]1)C(C)C. The molecule has 3 N–H and O–H groups in total. The number of H-pyrrole nitrogens is 2. The number of nitrogens with one attached hydrogen (secondary N) is 3. The summed E-state index contributed by atoms with van der Waals surface area (Å²) < 4.78 is 9.75. The number of fused-ring (bicyclic) bond motifs is 2. The van der Waals surface area contributed by atoms with Crippen LogP contribution in [-0.4, -0.2) is 110 Å². The van der Waals surface area contributed by atoms with E-state index in [9.17, 15) is 19.2 Å². The Balaban J connectivity index is 1.07. The molecule has 2 aliphatic rings. The molecule has 7 rings (SSSR count). The van der Waals surface area contributed by atoms with Gasteiger partial charge in [-0.2, -0.15) is 0 Å². The molecule has 16 heteroatoms. The maximum Gasteiger partial charge on any atom is 0.409 e. The number of hydrogen-bond acceptors (Lipinski definition) is 10. The van der Waals surface area contributed by atoms with E-state index in [0.29, 0.717) is 25.3 Å². The van der Waals surface area contributed by atoms with Crippen LogP contribution in [0.1, 0.15) is 94.1 Å². The third kappa shape index (κ3) is 8.94. The second-order valence-corrected chi connectivity index (χ2v) is 19.5. The second-order valence-electron chi connectivity index (χ2n) is 17.8. The number of thiocarbonyl (C=S) groups is 1. The lowest BCUT2D eigenvalue weighted by Gasteiger charge is -2.34. The smallest absolute Gasteiger partial charge is 0.409 e. The Morgan fingerprint density at radius 2 is 1.44 bits per heavy atom. The van der Waals surface area contributed by atoms with Crippen molar-refractivity contribution in [1.29, 1.82) is 0 Å². The average Bonchev–Trinajstić information content (AvgIpc) is 4.08. The topological polar surface area (TPSA) is 166 Å². The lowest BCUT2D eigenvalue weighted by molar-refractivity contribution is -0.139. The number of aryl methyl sites for hydroxylation is 1. The van der Waals surface area contributed by atoms with E-state index in [1.54, 1.807) is 18.4 Å². The maximum absolute atomic E-state index is 14.0. The molecule has 3 aromatic heterocycles. The van der Waals surface area contributed by atoms with Crippen molar-refractivity contribution in [2.75, 3.05) is 34.4 Å². The van der Waals surface area contributed by atoms with E-state index >= 15 is 0 Å². The Kier molecular flexibility index (Phi) is 13.1. The van der Waals surface area contributed by atoms with E-state index in [1.165, 1.54) is 24.0 Å². The van der Waals surface area contributed by atoms with Gasteiger partial charge in [-0.05, 0) is 90.5 Å². The summed E-state index contributed by atoms with van der Waals surface area (Å²) in [4.78, 5) is 77.6. The summed E-state index contributed by atoms with van der Waals surface area (Å²) >= 11 is 7.77. The van der Waals surface area contributed by atoms with Gasteiger partial charge in [0.15, 0.2) is 0 Å². The third-order valence-electron chi connectivity index (χ3n) is 12.3. The van der Waals surface area contributed by atoms with Crippen molar-refractivity contribution in [3.8, 4) is 10.4 Å². The standard InChI is InChI=1S/C46H58N8O6S2/c1-23(2)39(51-45(57)59-9)43(55)53-21-25(5)15-34(53)41-47-30-13-11-28(18-32(30)49-41)36(61)20-37-27(7)17-38(62-37)29-12-14-31-33(19-29)50-42(48-31)35-16-26(6)22-54(35)44(56)40(24(3)4)52(8)46(58)60-10/h11-14,17-19,23-26,34-35,39-40H,15-16,20-22H2,1-10H3,(H,47,49)(H,48,50)(H,51,57)/t25-,26-,34-,35-,39-,40-/m0/s1. The van der Waals surface area contributed by atoms with Gasteiger partial charge < -0.3 is 34.6 Å². The van der Waals surface area contributed by atoms with Crippen LogP contribution in [0, 0.1) is 30.6 Å². The van der Waals surface area contributed by atoms with E-state index in [2.05, 4.69) is 54.3 Å². The lowest BCUT2D eigenvalue weighted by Crippen LogP contribution is -2.52. The first-order valence-corrected chi connectivity index (χ1v) is 22.6. The first kappa shape index (κ1) is 44.7. The van der Waals surface area contributed by atoms with E-state index in [4.69, 9.17) is 31.7 Å². The van der Waals surface area contributed by atoms with Gasteiger partial charge in [0.05, 0.1) is 48.4 Å². The number of hydrogen-bond donors (Lipinski definition) is 3. The highest BCUT2D eigenvalue weighted by Crippen LogP contribution is 2.39. The molecule has 6 atom stereocenters. The van der Waals surface area contributed by atoms with Crippen molar-refractivity contribution < 1.29 is 28.7 Å². The van der Waals surface area contributed by atoms with Crippen LogP contribution in [0.2, 0.25) is 0 Å². The summed E-state index contributed by atoms with van der Waals surface area (Å²) in [5, 5.41) is 2.72. The molecule has 0 unspecified atom stereocenters. The Labute approximate surface area is 372 Å². The number of rotatable bonds is 12. The second kappa shape index (κ2) is 18.2. The molecular weight excluding hydrogens is 825 g/mol. The van der Waals surface area contributed by atoms with Crippen LogP contribution in [0.3, 0.4) is 0 Å². The molecular formula is C46H58N8O6S2. The quantitative estimate of drug-likeness (QED) is 0.0825. The fraction of sp³-hybridized carbons (Fsp3) is 0.500. The van der Waals surface area contributed by atoms with Gasteiger partial charge in [0.2, 0.25) is 11.8 Å². The molecule has 0 aliphatic carbocycles. The van der Waals surface area contributed by atoms with Gasteiger partial charge in [0.25, 0.3) is 0 Å². The number of nitrogens with zero attached hydrogens (tertiary/aromatic N) is 5. The lowest BCUT2D eigenvalue weighted by atomic mass is 10.0. The van der Waals surface area contributed by atoms with Crippen molar-refractivity contribution in [1.82, 2.24) is 40.0 Å². The first-order valence-electron chi connectivity index (χ1n) is 21.4. The molecule has 0 saturated carbocycles. The molecule has 0 radical (unpaired) electrons. The Bertz CT molecular complexity index is 2510. The number of aromatic amines is 2. The van der Waals surface area contributed by atoms with Crippen molar-refractivity contribution in [2.24, 2.45) is 23.7 Å². The van der Waals surface area contributed by atoms with E-state index in [0.717, 1.165) is 67.2 Å². The fourth-order valence-electron chi connectivity index (χ4n) is 9.08. The van der Waals surface area contributed by atoms with Gasteiger partial charge >= 0.3 is 12.2 Å². The highest BCUT2D eigenvalue weighted by atomic mass is 32.1. The molecule has 0 spiro atoms. The largest absolute Gasteiger partial charge is 0.453 e. The number of amides is 4. The zero-order chi connectivity index (χ0) is 44.7. The predicted molar refractivity (Wildman–Crippen MR) is 245 cm³/mol. The Morgan fingerprint density at radius 3 is 2.00 bits per heavy atom. The number of imidazole rings is 2. The molecule has 0 bridgehead atoms. The van der Waals surface area contributed by atoms with E-state index in [1.807, 2.05) is 61.8 Å². The number of aromatic nitrogens is 4. The molecule has 14 nitrogen and oxygen atoms in total. The zero-order valence-electron chi connectivity index (χ0n) is 37.2. The van der Waals surface area contributed by atoms with Gasteiger partial charge in [-0.3, -0.25) is 14.5 Å². The van der Waals surface area contributed by atoms with Gasteiger partial charge in [-0.25, -0.2) is 19.6 Å². The highest BCUT2D eigenvalue weighted by Gasteiger charge is 2.43. The number of ether oxygens (including phenoxy) is 2. The van der Waals surface area contributed by atoms with Gasteiger partial charge in [0, 0.05) is 41.2 Å². The van der Waals surface area contributed by atoms with Crippen LogP contribution < -0.4 is 5.32 Å². The molecule has 2 fully saturated rings. The third-order valence-corrected chi connectivity index (χ3v) is 14.0. The van der Waals surface area contributed by atoms with Crippen LogP contribution in [0.4, 0.5) is 9.59 Å². The first-order chi connectivity index (χ1) is 29.5. The minimum atomic E-state index is -0.714. The molecule has 4 amide bonds. The number of thiophene rings is 1. The molecule has 2 aliphatic heterocycles. The normalized spacial score (nSPS) is 20.0. The van der Waals surface area contributed by atoms with Crippen LogP contribution in [0.5, 0.6) is 0 Å². The summed E-state index contributed by atoms with van der Waals surface area (Å²) in [6.45, 7) is 15.2. The fourth-order valence-corrected chi connectivity index (χ4v) is 10.6. The summed E-state index contributed by atoms with van der Waals surface area (Å²) in [6.07, 6.45) is 0.949. The highest BCUT2D eigenvalue weighted by molar-refractivity contribution is 7.80. The molecule has 5 heterocycles. The van der Waals surface area contributed by atoms with Crippen LogP contribution in [0.15, 0.2) is 42.5 Å². The Hall–Kier alpha value is -5.35. The van der Waals surface area contributed by atoms with Gasteiger partial charge in [-0.15, -0.1) is 11.3 Å². The molecule has 2 aromatic carbocycles. The number of likely N-dealkylation sites (tertiary alicyclic amines) is 2. The van der Waals surface area contributed by atoms with Crippen molar-refractivity contribution in [2.45, 2.75) is 91.9 Å². The molecule has 62 heavy (non-hydrogen) atoms. The monoisotopic (exact) mass is 882 g/mol. The summed E-state index contributed by atoms with van der Waals surface area (Å²) in [7, 11) is 4.23. The van der Waals surface area contributed by atoms with E-state index in [-0.39, 0.29) is 47.6 Å². The van der Waals surface area contributed by atoms with E-state index < -0.39 is 24.3 Å². The number of methoxy groups -OCH3 is 2. The van der Waals surface area contributed by atoms with Crippen LogP contribution in [0.25, 0.3) is 32.5 Å². The van der Waals surface area contributed by atoms with Gasteiger partial charge in [0.1, 0.15) is 23.7 Å². The summed E-state index contributed by atoms with van der Waals surface area (Å²) in [5.41, 5.74) is 6.49. The number of likely N-dealkylation sites (N-methyl/N-ethyl adjacent to an activating group) is 1. The number of carbonyl (C=O) groups excluding carboxylic acids is 4. The molecule has 330 valence electrons.